The molecule has 3 N–H and O–H groups in total. The quantitative estimate of drug-likeness (QED) is 0.261. The number of nitrogens with zero attached hydrogens (tertiary/aromatic N) is 1. The van der Waals surface area contributed by atoms with E-state index in [4.69, 9.17) is 5.73 Å². The van der Waals surface area contributed by atoms with Crippen molar-refractivity contribution >= 4 is 17.7 Å². The monoisotopic (exact) mass is 263 g/mol. The Morgan fingerprint density at radius 2 is 2.11 bits per heavy atom. The number of rotatable bonds is 7. The lowest BCUT2D eigenvalue weighted by Gasteiger charge is -2.05. The molecule has 0 bridgehead atoms. The number of nitrogens with two attached hydrogens (primary N) is 1. The smallest absolute Gasteiger partial charge is 0.188 e. The lowest BCUT2D eigenvalue weighted by atomic mass is 10.4. The van der Waals surface area contributed by atoms with E-state index in [1.165, 1.54) is 4.90 Å². The topological polar surface area (TPSA) is 50.4 Å². The zero-order chi connectivity index (χ0) is 13.2. The average Bonchev–Trinajstić information content (AvgIpc) is 2.37. The molecule has 0 amide bonds. The molecule has 0 unspecified atom stereocenters. The van der Waals surface area contributed by atoms with Crippen molar-refractivity contribution in [2.24, 2.45) is 10.7 Å². The average molecular weight is 263 g/mol. The van der Waals surface area contributed by atoms with Crippen LogP contribution in [-0.4, -0.2) is 24.8 Å². The summed E-state index contributed by atoms with van der Waals surface area (Å²) in [5.74, 6) is 1.58. The first-order chi connectivity index (χ1) is 8.68. The van der Waals surface area contributed by atoms with Crippen molar-refractivity contribution in [3.63, 3.8) is 0 Å². The highest BCUT2D eigenvalue weighted by atomic mass is 32.2. The van der Waals surface area contributed by atoms with Gasteiger partial charge >= 0.3 is 0 Å². The fourth-order valence-electron chi connectivity index (χ4n) is 1.27. The van der Waals surface area contributed by atoms with Crippen LogP contribution in [0.2, 0.25) is 0 Å². The van der Waals surface area contributed by atoms with E-state index in [9.17, 15) is 0 Å². The molecule has 0 aliphatic rings. The van der Waals surface area contributed by atoms with Gasteiger partial charge in [0.05, 0.1) is 6.54 Å². The summed E-state index contributed by atoms with van der Waals surface area (Å²) in [6, 6.07) is 10.4. The molecule has 0 atom stereocenters. The Hall–Kier alpha value is -1.42. The zero-order valence-electron chi connectivity index (χ0n) is 10.9. The second kappa shape index (κ2) is 8.64. The predicted octanol–water partition coefficient (Wildman–Crippen LogP) is 2.65. The summed E-state index contributed by atoms with van der Waals surface area (Å²) in [6.45, 7) is 7.16. The molecule has 3 nitrogen and oxygen atoms in total. The van der Waals surface area contributed by atoms with Crippen molar-refractivity contribution in [1.82, 2.24) is 5.32 Å². The van der Waals surface area contributed by atoms with Crippen LogP contribution in [0.15, 0.2) is 52.4 Å². The lowest BCUT2D eigenvalue weighted by molar-refractivity contribution is 0.836. The molecule has 0 aliphatic heterocycles. The van der Waals surface area contributed by atoms with Crippen LogP contribution in [0.1, 0.15) is 13.3 Å². The van der Waals surface area contributed by atoms with Crippen LogP contribution in [0.3, 0.4) is 0 Å². The van der Waals surface area contributed by atoms with Gasteiger partial charge in [0.2, 0.25) is 0 Å². The van der Waals surface area contributed by atoms with Crippen LogP contribution in [0.5, 0.6) is 0 Å². The molecule has 4 heteroatoms. The second-order valence-corrected chi connectivity index (χ2v) is 5.27. The van der Waals surface area contributed by atoms with Crippen molar-refractivity contribution in [2.45, 2.75) is 18.2 Å². The molecule has 0 aromatic heterocycles. The molecular formula is C14H21N3S. The Morgan fingerprint density at radius 3 is 2.78 bits per heavy atom. The summed E-state index contributed by atoms with van der Waals surface area (Å²) in [7, 11) is 0. The van der Waals surface area contributed by atoms with Gasteiger partial charge < -0.3 is 11.1 Å². The van der Waals surface area contributed by atoms with Crippen LogP contribution in [-0.2, 0) is 0 Å². The van der Waals surface area contributed by atoms with E-state index in [1.54, 1.807) is 0 Å². The van der Waals surface area contributed by atoms with E-state index in [0.717, 1.165) is 24.3 Å². The molecule has 18 heavy (non-hydrogen) atoms. The van der Waals surface area contributed by atoms with Crippen LogP contribution in [0.25, 0.3) is 0 Å². The predicted molar refractivity (Wildman–Crippen MR) is 81.1 cm³/mol. The third-order valence-corrected chi connectivity index (χ3v) is 3.26. The van der Waals surface area contributed by atoms with Gasteiger partial charge in [-0.3, -0.25) is 0 Å². The normalized spacial score (nSPS) is 11.3. The summed E-state index contributed by atoms with van der Waals surface area (Å²) < 4.78 is 0. The fraction of sp³-hybridized carbons (Fsp3) is 0.357. The van der Waals surface area contributed by atoms with Gasteiger partial charge in [-0.25, -0.2) is 4.99 Å². The Bertz CT molecular complexity index is 387. The first-order valence-electron chi connectivity index (χ1n) is 6.04. The molecule has 1 aromatic carbocycles. The van der Waals surface area contributed by atoms with Crippen LogP contribution < -0.4 is 11.1 Å². The van der Waals surface area contributed by atoms with Gasteiger partial charge in [0.15, 0.2) is 5.96 Å². The van der Waals surface area contributed by atoms with Gasteiger partial charge in [0.1, 0.15) is 0 Å². The van der Waals surface area contributed by atoms with Crippen LogP contribution in [0, 0.1) is 0 Å². The third-order valence-electron chi connectivity index (χ3n) is 2.16. The molecule has 1 rings (SSSR count). The summed E-state index contributed by atoms with van der Waals surface area (Å²) in [5, 5.41) is 3.10. The standard InChI is InChI=1S/C14H21N3S/c1-12(2)11-17-14(15)16-9-6-10-18-13-7-4-3-5-8-13/h3-5,7-8H,1,6,9-11H2,2H3,(H3,15,16,17). The summed E-state index contributed by atoms with van der Waals surface area (Å²) >= 11 is 1.86. The van der Waals surface area contributed by atoms with E-state index in [0.29, 0.717) is 12.5 Å². The highest BCUT2D eigenvalue weighted by Gasteiger charge is 1.94. The third kappa shape index (κ3) is 7.01. The van der Waals surface area contributed by atoms with Crippen molar-refractivity contribution < 1.29 is 0 Å². The highest BCUT2D eigenvalue weighted by molar-refractivity contribution is 7.99. The molecule has 0 fully saturated rings. The molecule has 98 valence electrons. The Morgan fingerprint density at radius 1 is 1.39 bits per heavy atom. The van der Waals surface area contributed by atoms with E-state index in [1.807, 2.05) is 24.8 Å². The minimum atomic E-state index is 0.503. The zero-order valence-corrected chi connectivity index (χ0v) is 11.7. The van der Waals surface area contributed by atoms with E-state index in [-0.39, 0.29) is 0 Å². The first kappa shape index (κ1) is 14.6. The molecule has 0 aliphatic carbocycles. The van der Waals surface area contributed by atoms with E-state index in [2.05, 4.69) is 41.2 Å². The molecule has 0 saturated carbocycles. The molecule has 0 heterocycles. The largest absolute Gasteiger partial charge is 0.370 e. The second-order valence-electron chi connectivity index (χ2n) is 4.10. The maximum Gasteiger partial charge on any atom is 0.188 e. The highest BCUT2D eigenvalue weighted by Crippen LogP contribution is 2.17. The van der Waals surface area contributed by atoms with Crippen molar-refractivity contribution in [3.05, 3.63) is 42.5 Å². The molecular weight excluding hydrogens is 242 g/mol. The number of thioether (sulfide) groups is 1. The first-order valence-corrected chi connectivity index (χ1v) is 7.03. The summed E-state index contributed by atoms with van der Waals surface area (Å²) in [5.41, 5.74) is 6.72. The Kier molecular flexibility index (Phi) is 7.03. The Balaban J connectivity index is 2.08. The molecule has 0 spiro atoms. The number of guanidine groups is 1. The van der Waals surface area contributed by atoms with E-state index >= 15 is 0 Å². The molecule has 1 aromatic rings. The molecule has 0 saturated heterocycles. The minimum Gasteiger partial charge on any atom is -0.370 e. The van der Waals surface area contributed by atoms with Crippen molar-refractivity contribution in [2.75, 3.05) is 18.8 Å². The summed E-state index contributed by atoms with van der Waals surface area (Å²) in [6.07, 6.45) is 1.06. The molecule has 0 radical (unpaired) electrons. The lowest BCUT2D eigenvalue weighted by Crippen LogP contribution is -2.32. The van der Waals surface area contributed by atoms with Gasteiger partial charge in [-0.05, 0) is 31.2 Å². The number of hydrogen-bond acceptors (Lipinski definition) is 2. The van der Waals surface area contributed by atoms with Gasteiger partial charge in [-0.1, -0.05) is 30.4 Å². The van der Waals surface area contributed by atoms with E-state index < -0.39 is 0 Å². The van der Waals surface area contributed by atoms with Gasteiger partial charge in [-0.2, -0.15) is 0 Å². The number of nitrogens with one attached hydrogen (secondary N) is 1. The van der Waals surface area contributed by atoms with Crippen LogP contribution >= 0.6 is 11.8 Å². The van der Waals surface area contributed by atoms with Gasteiger partial charge in [0, 0.05) is 11.4 Å². The maximum absolute atomic E-state index is 5.71. The van der Waals surface area contributed by atoms with Crippen molar-refractivity contribution in [1.29, 1.82) is 0 Å². The minimum absolute atomic E-state index is 0.503. The number of benzene rings is 1. The SMILES string of the molecule is C=C(C)CN=C(N)NCCCSc1ccccc1. The van der Waals surface area contributed by atoms with Crippen LogP contribution in [0.4, 0.5) is 0 Å². The van der Waals surface area contributed by atoms with Crippen molar-refractivity contribution in [3.8, 4) is 0 Å². The van der Waals surface area contributed by atoms with Gasteiger partial charge in [-0.15, -0.1) is 11.8 Å². The number of aliphatic imine (C=N–C) groups is 1. The maximum atomic E-state index is 5.71. The Labute approximate surface area is 114 Å². The van der Waals surface area contributed by atoms with Gasteiger partial charge in [0.25, 0.3) is 0 Å². The summed E-state index contributed by atoms with van der Waals surface area (Å²) in [4.78, 5) is 5.46. The number of hydrogen-bond donors (Lipinski definition) is 2. The fourth-order valence-corrected chi connectivity index (χ4v) is 2.15.